The number of aliphatic hydroxyl groups excluding tert-OH is 1. The summed E-state index contributed by atoms with van der Waals surface area (Å²) in [5.74, 6) is 0.742. The van der Waals surface area contributed by atoms with E-state index in [1.54, 1.807) is 0 Å². The molecule has 4 aliphatic rings. The summed E-state index contributed by atoms with van der Waals surface area (Å²) < 4.78 is 0. The molecule has 4 saturated carbocycles. The molecule has 2 unspecified atom stereocenters. The molecular weight excluding hydrogens is 276 g/mol. The van der Waals surface area contributed by atoms with Gasteiger partial charge in [0.25, 0.3) is 0 Å². The lowest BCUT2D eigenvalue weighted by molar-refractivity contribution is -0.154. The maximum absolute atomic E-state index is 12.3. The number of carboxylic acids is 1. The van der Waals surface area contributed by atoms with Crippen molar-refractivity contribution in [1.82, 2.24) is 0 Å². The number of rotatable bonds is 1. The van der Waals surface area contributed by atoms with E-state index in [0.717, 1.165) is 25.7 Å². The van der Waals surface area contributed by atoms with Crippen molar-refractivity contribution in [3.63, 3.8) is 0 Å². The molecule has 0 aromatic carbocycles. The van der Waals surface area contributed by atoms with Crippen molar-refractivity contribution in [3.05, 3.63) is 12.2 Å². The van der Waals surface area contributed by atoms with Gasteiger partial charge in [-0.15, -0.1) is 0 Å². The lowest BCUT2D eigenvalue weighted by atomic mass is 9.59. The highest BCUT2D eigenvalue weighted by Crippen LogP contribution is 2.73. The molecule has 122 valence electrons. The van der Waals surface area contributed by atoms with Crippen LogP contribution in [-0.4, -0.2) is 22.3 Å². The molecule has 0 saturated heterocycles. The molecule has 22 heavy (non-hydrogen) atoms. The number of hydrogen-bond acceptors (Lipinski definition) is 2. The Labute approximate surface area is 132 Å². The Balaban J connectivity index is 1.85. The van der Waals surface area contributed by atoms with Crippen LogP contribution in [0.1, 0.15) is 52.4 Å². The van der Waals surface area contributed by atoms with E-state index in [2.05, 4.69) is 20.4 Å². The first kappa shape index (κ1) is 14.7. The molecule has 4 aliphatic carbocycles. The van der Waals surface area contributed by atoms with Gasteiger partial charge in [-0.2, -0.15) is 0 Å². The molecule has 0 aromatic heterocycles. The zero-order valence-electron chi connectivity index (χ0n) is 13.7. The number of aliphatic carboxylic acids is 1. The highest BCUT2D eigenvalue weighted by Gasteiger charge is 2.70. The fraction of sp³-hybridized carbons (Fsp3) is 0.842. The standard InChI is InChI=1S/C19H28O3/c1-10-8-19-9-11(10)4-6-13(19)12-5-7-14(20)18(2,3)15(12)16(19)17(21)22/h11-16,20H,1,4-9H2,2-3H3,(H,21,22)/t11-,12?,13+,14+,15?,16-,19+/m1/s1. The van der Waals surface area contributed by atoms with Crippen LogP contribution in [-0.2, 0) is 4.79 Å². The number of hydrogen-bond donors (Lipinski definition) is 2. The van der Waals surface area contributed by atoms with Gasteiger partial charge < -0.3 is 10.2 Å². The third-order valence-electron chi connectivity index (χ3n) is 8.04. The van der Waals surface area contributed by atoms with E-state index in [9.17, 15) is 15.0 Å². The molecule has 0 heterocycles. The van der Waals surface area contributed by atoms with Gasteiger partial charge in [0.05, 0.1) is 12.0 Å². The third kappa shape index (κ3) is 1.59. The monoisotopic (exact) mass is 304 g/mol. The first-order valence-electron chi connectivity index (χ1n) is 8.87. The summed E-state index contributed by atoms with van der Waals surface area (Å²) in [7, 11) is 0. The van der Waals surface area contributed by atoms with Crippen LogP contribution in [0.2, 0.25) is 0 Å². The maximum atomic E-state index is 12.3. The van der Waals surface area contributed by atoms with Gasteiger partial charge in [-0.05, 0) is 73.0 Å². The van der Waals surface area contributed by atoms with Crippen LogP contribution in [0.25, 0.3) is 0 Å². The van der Waals surface area contributed by atoms with Gasteiger partial charge in [0, 0.05) is 0 Å². The minimum absolute atomic E-state index is 0.0670. The minimum Gasteiger partial charge on any atom is -0.481 e. The second-order valence-corrected chi connectivity index (χ2v) is 9.07. The lowest BCUT2D eigenvalue weighted by Gasteiger charge is -2.47. The molecule has 4 rings (SSSR count). The smallest absolute Gasteiger partial charge is 0.307 e. The largest absolute Gasteiger partial charge is 0.481 e. The topological polar surface area (TPSA) is 57.5 Å². The number of allylic oxidation sites excluding steroid dienone is 1. The Morgan fingerprint density at radius 3 is 2.64 bits per heavy atom. The molecule has 0 radical (unpaired) electrons. The molecule has 0 aliphatic heterocycles. The van der Waals surface area contributed by atoms with Crippen molar-refractivity contribution in [2.45, 2.75) is 58.5 Å². The summed E-state index contributed by atoms with van der Waals surface area (Å²) >= 11 is 0. The predicted molar refractivity (Wildman–Crippen MR) is 84.1 cm³/mol. The van der Waals surface area contributed by atoms with Crippen LogP contribution >= 0.6 is 0 Å². The van der Waals surface area contributed by atoms with Crippen molar-refractivity contribution >= 4 is 5.97 Å². The Bertz CT molecular complexity index is 537. The summed E-state index contributed by atoms with van der Waals surface area (Å²) in [4.78, 5) is 12.3. The number of carboxylic acid groups (broad SMARTS) is 1. The van der Waals surface area contributed by atoms with E-state index < -0.39 is 5.97 Å². The van der Waals surface area contributed by atoms with Crippen LogP contribution in [0, 0.1) is 40.4 Å². The van der Waals surface area contributed by atoms with Crippen LogP contribution in [0.15, 0.2) is 12.2 Å². The van der Waals surface area contributed by atoms with Gasteiger partial charge >= 0.3 is 5.97 Å². The maximum Gasteiger partial charge on any atom is 0.307 e. The van der Waals surface area contributed by atoms with Gasteiger partial charge in [0.2, 0.25) is 0 Å². The molecule has 7 atom stereocenters. The summed E-state index contributed by atoms with van der Waals surface area (Å²) in [6.07, 6.45) is 5.78. The average Bonchev–Trinajstić information content (AvgIpc) is 2.87. The van der Waals surface area contributed by atoms with Gasteiger partial charge in [-0.1, -0.05) is 26.0 Å². The first-order chi connectivity index (χ1) is 10.3. The predicted octanol–water partition coefficient (Wildman–Crippen LogP) is 3.48. The number of fused-ring (bicyclic) bond motifs is 3. The van der Waals surface area contributed by atoms with Crippen molar-refractivity contribution in [1.29, 1.82) is 0 Å². The SMILES string of the molecule is C=C1C[C@]23C[C@H]1CC[C@H]2C1CC[C@H](O)C(C)(C)C1[C@@H]3C(=O)O. The highest BCUT2D eigenvalue weighted by molar-refractivity contribution is 5.73. The molecule has 0 amide bonds. The molecule has 2 N–H and O–H groups in total. The zero-order valence-corrected chi connectivity index (χ0v) is 13.7. The molecule has 1 spiro atoms. The molecule has 3 heteroatoms. The Morgan fingerprint density at radius 1 is 1.23 bits per heavy atom. The van der Waals surface area contributed by atoms with Gasteiger partial charge in [0.1, 0.15) is 0 Å². The quantitative estimate of drug-likeness (QED) is 0.729. The van der Waals surface area contributed by atoms with Crippen LogP contribution in [0.4, 0.5) is 0 Å². The van der Waals surface area contributed by atoms with E-state index in [4.69, 9.17) is 0 Å². The van der Waals surface area contributed by atoms with Crippen molar-refractivity contribution in [2.24, 2.45) is 40.4 Å². The van der Waals surface area contributed by atoms with E-state index in [1.165, 1.54) is 18.4 Å². The second-order valence-electron chi connectivity index (χ2n) is 9.07. The van der Waals surface area contributed by atoms with Crippen molar-refractivity contribution < 1.29 is 15.0 Å². The lowest BCUT2D eigenvalue weighted by Crippen LogP contribution is -2.48. The first-order valence-corrected chi connectivity index (χ1v) is 8.87. The van der Waals surface area contributed by atoms with Crippen LogP contribution < -0.4 is 0 Å². The molecular formula is C19H28O3. The number of carbonyl (C=O) groups is 1. The van der Waals surface area contributed by atoms with E-state index in [0.29, 0.717) is 17.8 Å². The summed E-state index contributed by atoms with van der Waals surface area (Å²) in [5, 5.41) is 20.6. The third-order valence-corrected chi connectivity index (χ3v) is 8.04. The van der Waals surface area contributed by atoms with E-state index in [-0.39, 0.29) is 28.8 Å². The van der Waals surface area contributed by atoms with Gasteiger partial charge in [0.15, 0.2) is 0 Å². The molecule has 4 fully saturated rings. The average molecular weight is 304 g/mol. The Kier molecular flexibility index (Phi) is 2.93. The summed E-state index contributed by atoms with van der Waals surface area (Å²) in [6.45, 7) is 8.47. The van der Waals surface area contributed by atoms with Crippen molar-refractivity contribution in [2.75, 3.05) is 0 Å². The highest BCUT2D eigenvalue weighted by atomic mass is 16.4. The van der Waals surface area contributed by atoms with Crippen molar-refractivity contribution in [3.8, 4) is 0 Å². The Morgan fingerprint density at radius 2 is 1.95 bits per heavy atom. The van der Waals surface area contributed by atoms with Crippen LogP contribution in [0.5, 0.6) is 0 Å². The molecule has 2 bridgehead atoms. The van der Waals surface area contributed by atoms with E-state index >= 15 is 0 Å². The number of aliphatic hydroxyl groups is 1. The van der Waals surface area contributed by atoms with Gasteiger partial charge in [-0.3, -0.25) is 4.79 Å². The Hall–Kier alpha value is -0.830. The zero-order chi connectivity index (χ0) is 15.9. The molecule has 3 nitrogen and oxygen atoms in total. The molecule has 0 aromatic rings. The fourth-order valence-corrected chi connectivity index (χ4v) is 7.17. The summed E-state index contributed by atoms with van der Waals surface area (Å²) in [5.41, 5.74) is 0.936. The summed E-state index contributed by atoms with van der Waals surface area (Å²) in [6, 6.07) is 0. The second kappa shape index (κ2) is 4.37. The van der Waals surface area contributed by atoms with Gasteiger partial charge in [-0.25, -0.2) is 0 Å². The normalized spacial score (nSPS) is 52.2. The fourth-order valence-electron chi connectivity index (χ4n) is 7.17. The van der Waals surface area contributed by atoms with Crippen LogP contribution in [0.3, 0.4) is 0 Å². The van der Waals surface area contributed by atoms with E-state index in [1.807, 2.05) is 0 Å². The minimum atomic E-state index is -0.630.